The second kappa shape index (κ2) is 9.88. The molecule has 0 saturated heterocycles. The first kappa shape index (κ1) is 21.2. The molecule has 0 heterocycles. The average molecular weight is 428 g/mol. The molecule has 0 aliphatic carbocycles. The van der Waals surface area contributed by atoms with E-state index in [9.17, 15) is 4.79 Å². The number of fused-ring (bicyclic) bond motifs is 1. The van der Waals surface area contributed by atoms with Gasteiger partial charge in [0, 0.05) is 23.2 Å². The summed E-state index contributed by atoms with van der Waals surface area (Å²) in [6.45, 7) is 0.660. The van der Waals surface area contributed by atoms with Crippen LogP contribution in [0.3, 0.4) is 0 Å². The number of nitrogens with one attached hydrogen (secondary N) is 1. The predicted molar refractivity (Wildman–Crippen MR) is 125 cm³/mol. The number of rotatable bonds is 8. The van der Waals surface area contributed by atoms with E-state index < -0.39 is 0 Å². The molecule has 4 rings (SSSR count). The van der Waals surface area contributed by atoms with Crippen molar-refractivity contribution in [2.45, 2.75) is 13.2 Å². The number of carbonyl (C=O) groups excluding carboxylic acids is 1. The van der Waals surface area contributed by atoms with Crippen LogP contribution in [0.15, 0.2) is 84.9 Å². The van der Waals surface area contributed by atoms with Crippen LogP contribution < -0.4 is 19.5 Å². The molecule has 1 N–H and O–H groups in total. The van der Waals surface area contributed by atoms with Crippen molar-refractivity contribution < 1.29 is 19.0 Å². The maximum atomic E-state index is 12.8. The number of hydrogen-bond donors (Lipinski definition) is 1. The van der Waals surface area contributed by atoms with E-state index in [0.29, 0.717) is 17.9 Å². The molecule has 5 heteroatoms. The average Bonchev–Trinajstić information content (AvgIpc) is 2.85. The third-order valence-corrected chi connectivity index (χ3v) is 5.29. The van der Waals surface area contributed by atoms with Gasteiger partial charge in [0.1, 0.15) is 23.9 Å². The highest BCUT2D eigenvalue weighted by Gasteiger charge is 2.12. The zero-order chi connectivity index (χ0) is 22.3. The van der Waals surface area contributed by atoms with Crippen LogP contribution in [-0.2, 0) is 13.2 Å². The summed E-state index contributed by atoms with van der Waals surface area (Å²) >= 11 is 0. The van der Waals surface area contributed by atoms with Crippen LogP contribution in [0.4, 0.5) is 0 Å². The summed E-state index contributed by atoms with van der Waals surface area (Å²) in [6, 6.07) is 27.1. The molecule has 0 aliphatic heterocycles. The van der Waals surface area contributed by atoms with Gasteiger partial charge in [0.2, 0.25) is 0 Å². The standard InChI is InChI=1S/C27H25NO4/c1-30-25-10-6-5-9-22(25)17-28-27(29)21-12-14-26(31-2)23(15-21)18-32-24-13-11-19-7-3-4-8-20(19)16-24/h3-16H,17-18H2,1-2H3,(H,28,29). The van der Waals surface area contributed by atoms with Crippen molar-refractivity contribution in [2.24, 2.45) is 0 Å². The molecule has 5 nitrogen and oxygen atoms in total. The van der Waals surface area contributed by atoms with Crippen molar-refractivity contribution in [3.05, 3.63) is 102 Å². The van der Waals surface area contributed by atoms with Gasteiger partial charge in [-0.3, -0.25) is 4.79 Å². The normalized spacial score (nSPS) is 10.6. The first-order valence-electron chi connectivity index (χ1n) is 10.4. The Balaban J connectivity index is 1.47. The van der Waals surface area contributed by atoms with Crippen molar-refractivity contribution in [2.75, 3.05) is 14.2 Å². The maximum Gasteiger partial charge on any atom is 0.251 e. The van der Waals surface area contributed by atoms with E-state index in [1.807, 2.05) is 54.6 Å². The highest BCUT2D eigenvalue weighted by molar-refractivity contribution is 5.94. The van der Waals surface area contributed by atoms with Crippen LogP contribution in [0.2, 0.25) is 0 Å². The smallest absolute Gasteiger partial charge is 0.251 e. The van der Waals surface area contributed by atoms with Gasteiger partial charge in [-0.2, -0.15) is 0 Å². The van der Waals surface area contributed by atoms with Crippen molar-refractivity contribution in [1.29, 1.82) is 0 Å². The van der Waals surface area contributed by atoms with Crippen LogP contribution >= 0.6 is 0 Å². The van der Waals surface area contributed by atoms with E-state index in [2.05, 4.69) is 17.4 Å². The van der Waals surface area contributed by atoms with Crippen LogP contribution in [0.5, 0.6) is 17.2 Å². The lowest BCUT2D eigenvalue weighted by molar-refractivity contribution is 0.0950. The maximum absolute atomic E-state index is 12.8. The minimum atomic E-state index is -0.175. The van der Waals surface area contributed by atoms with Crippen LogP contribution in [0.1, 0.15) is 21.5 Å². The van der Waals surface area contributed by atoms with Gasteiger partial charge in [-0.25, -0.2) is 0 Å². The zero-order valence-corrected chi connectivity index (χ0v) is 18.1. The summed E-state index contributed by atoms with van der Waals surface area (Å²) in [6.07, 6.45) is 0. The van der Waals surface area contributed by atoms with Gasteiger partial charge in [-0.15, -0.1) is 0 Å². The second-order valence-electron chi connectivity index (χ2n) is 7.32. The first-order valence-corrected chi connectivity index (χ1v) is 10.4. The number of amides is 1. The highest BCUT2D eigenvalue weighted by atomic mass is 16.5. The molecule has 0 aromatic heterocycles. The van der Waals surface area contributed by atoms with E-state index in [1.165, 1.54) is 0 Å². The summed E-state index contributed by atoms with van der Waals surface area (Å²) in [4.78, 5) is 12.8. The number of para-hydroxylation sites is 1. The van der Waals surface area contributed by atoms with E-state index in [1.54, 1.807) is 32.4 Å². The van der Waals surface area contributed by atoms with Gasteiger partial charge < -0.3 is 19.5 Å². The minimum absolute atomic E-state index is 0.175. The molecule has 1 amide bonds. The van der Waals surface area contributed by atoms with Crippen LogP contribution in [-0.4, -0.2) is 20.1 Å². The monoisotopic (exact) mass is 427 g/mol. The Labute approximate surface area is 187 Å². The molecule has 0 fully saturated rings. The molecule has 0 radical (unpaired) electrons. The third kappa shape index (κ3) is 4.83. The summed E-state index contributed by atoms with van der Waals surface area (Å²) in [5.74, 6) is 2.00. The molecule has 0 spiro atoms. The number of benzene rings is 4. The minimum Gasteiger partial charge on any atom is -0.496 e. The van der Waals surface area contributed by atoms with E-state index in [4.69, 9.17) is 14.2 Å². The van der Waals surface area contributed by atoms with Gasteiger partial charge in [0.15, 0.2) is 0 Å². The van der Waals surface area contributed by atoms with Gasteiger partial charge >= 0.3 is 0 Å². The fourth-order valence-electron chi connectivity index (χ4n) is 3.58. The van der Waals surface area contributed by atoms with Crippen LogP contribution in [0.25, 0.3) is 10.8 Å². The number of hydrogen-bond acceptors (Lipinski definition) is 4. The summed E-state index contributed by atoms with van der Waals surface area (Å²) in [5.41, 5.74) is 2.25. The number of methoxy groups -OCH3 is 2. The lowest BCUT2D eigenvalue weighted by Crippen LogP contribution is -2.23. The lowest BCUT2D eigenvalue weighted by Gasteiger charge is -2.13. The topological polar surface area (TPSA) is 56.8 Å². The Morgan fingerprint density at radius 3 is 2.28 bits per heavy atom. The van der Waals surface area contributed by atoms with Crippen LogP contribution in [0, 0.1) is 0 Å². The second-order valence-corrected chi connectivity index (χ2v) is 7.32. The van der Waals surface area contributed by atoms with Crippen molar-refractivity contribution >= 4 is 16.7 Å². The number of ether oxygens (including phenoxy) is 3. The molecular formula is C27H25NO4. The van der Waals surface area contributed by atoms with E-state index in [-0.39, 0.29) is 12.5 Å². The van der Waals surface area contributed by atoms with Gasteiger partial charge in [0.05, 0.1) is 14.2 Å². The summed E-state index contributed by atoms with van der Waals surface area (Å²) < 4.78 is 16.8. The fourth-order valence-corrected chi connectivity index (χ4v) is 3.58. The van der Waals surface area contributed by atoms with E-state index in [0.717, 1.165) is 33.4 Å². The third-order valence-electron chi connectivity index (χ3n) is 5.29. The SMILES string of the molecule is COc1ccccc1CNC(=O)c1ccc(OC)c(COc2ccc3ccccc3c2)c1. The molecule has 0 saturated carbocycles. The first-order chi connectivity index (χ1) is 15.7. The predicted octanol–water partition coefficient (Wildman–Crippen LogP) is 5.37. The van der Waals surface area contributed by atoms with Gasteiger partial charge in [0.25, 0.3) is 5.91 Å². The van der Waals surface area contributed by atoms with Crippen molar-refractivity contribution in [3.8, 4) is 17.2 Å². The van der Waals surface area contributed by atoms with Crippen molar-refractivity contribution in [3.63, 3.8) is 0 Å². The molecule has 0 bridgehead atoms. The largest absolute Gasteiger partial charge is 0.496 e. The summed E-state index contributed by atoms with van der Waals surface area (Å²) in [7, 11) is 3.22. The Morgan fingerprint density at radius 1 is 0.750 bits per heavy atom. The Bertz CT molecular complexity index is 1240. The zero-order valence-electron chi connectivity index (χ0n) is 18.1. The molecule has 0 atom stereocenters. The fraction of sp³-hybridized carbons (Fsp3) is 0.148. The molecule has 32 heavy (non-hydrogen) atoms. The van der Waals surface area contributed by atoms with Gasteiger partial charge in [-0.05, 0) is 47.2 Å². The summed E-state index contributed by atoms with van der Waals surface area (Å²) in [5, 5.41) is 5.22. The number of carbonyl (C=O) groups is 1. The quantitative estimate of drug-likeness (QED) is 0.411. The van der Waals surface area contributed by atoms with E-state index >= 15 is 0 Å². The highest BCUT2D eigenvalue weighted by Crippen LogP contribution is 2.25. The lowest BCUT2D eigenvalue weighted by atomic mass is 10.1. The van der Waals surface area contributed by atoms with Crippen molar-refractivity contribution in [1.82, 2.24) is 5.32 Å². The molecule has 4 aromatic carbocycles. The molecular weight excluding hydrogens is 402 g/mol. The molecule has 0 aliphatic rings. The molecule has 0 unspecified atom stereocenters. The Morgan fingerprint density at radius 2 is 1.47 bits per heavy atom. The Kier molecular flexibility index (Phi) is 6.56. The Hall–Kier alpha value is -3.99. The van der Waals surface area contributed by atoms with Gasteiger partial charge in [-0.1, -0.05) is 48.5 Å². The molecule has 4 aromatic rings. The molecule has 162 valence electrons.